The number of amides is 2. The molecule has 0 aliphatic carbocycles. The van der Waals surface area contributed by atoms with Crippen LogP contribution in [0, 0.1) is 0 Å². The minimum atomic E-state index is -0.443. The van der Waals surface area contributed by atoms with Crippen molar-refractivity contribution < 1.29 is 9.59 Å². The first-order chi connectivity index (χ1) is 16.7. The van der Waals surface area contributed by atoms with Gasteiger partial charge >= 0.3 is 0 Å². The van der Waals surface area contributed by atoms with Crippen LogP contribution in [-0.2, 0) is 11.3 Å². The fourth-order valence-corrected chi connectivity index (χ4v) is 4.85. The summed E-state index contributed by atoms with van der Waals surface area (Å²) >= 11 is 0. The quantitative estimate of drug-likeness (QED) is 0.526. The Hall–Kier alpha value is -3.39. The fraction of sp³-hybridized carbons (Fsp3) is 0.423. The van der Waals surface area contributed by atoms with Crippen LogP contribution < -0.4 is 20.9 Å². The summed E-state index contributed by atoms with van der Waals surface area (Å²) in [4.78, 5) is 31.6. The van der Waals surface area contributed by atoms with Crippen molar-refractivity contribution in [2.75, 3.05) is 24.5 Å². The van der Waals surface area contributed by atoms with Crippen LogP contribution in [0.5, 0.6) is 0 Å². The van der Waals surface area contributed by atoms with Gasteiger partial charge in [-0.1, -0.05) is 6.07 Å². The first-order valence-corrected chi connectivity index (χ1v) is 12.3. The highest BCUT2D eigenvalue weighted by atomic mass is 16.2. The summed E-state index contributed by atoms with van der Waals surface area (Å²) in [6, 6.07) is 13.8. The number of benzene rings is 1. The second kappa shape index (κ2) is 10.3. The monoisotopic (exact) mass is 460 g/mol. The zero-order valence-electron chi connectivity index (χ0n) is 19.4. The number of aromatic nitrogens is 2. The summed E-state index contributed by atoms with van der Waals surface area (Å²) < 4.78 is 2.13. The molecule has 1 aromatic carbocycles. The molecule has 5 rings (SSSR count). The maximum Gasteiger partial charge on any atom is 0.251 e. The van der Waals surface area contributed by atoms with E-state index in [1.165, 1.54) is 5.69 Å². The van der Waals surface area contributed by atoms with Crippen LogP contribution in [0.2, 0.25) is 0 Å². The first-order valence-electron chi connectivity index (χ1n) is 12.3. The number of hydrogen-bond donors (Lipinski definition) is 3. The van der Waals surface area contributed by atoms with Crippen LogP contribution in [0.3, 0.4) is 0 Å². The molecule has 0 spiro atoms. The predicted octanol–water partition coefficient (Wildman–Crippen LogP) is 2.49. The van der Waals surface area contributed by atoms with Crippen molar-refractivity contribution in [1.82, 2.24) is 25.3 Å². The van der Waals surface area contributed by atoms with Gasteiger partial charge in [0.05, 0.1) is 11.9 Å². The average Bonchev–Trinajstić information content (AvgIpc) is 3.19. The molecular formula is C26H32N6O2. The van der Waals surface area contributed by atoms with Gasteiger partial charge in [-0.15, -0.1) is 0 Å². The summed E-state index contributed by atoms with van der Waals surface area (Å²) in [5.74, 6) is -0.274. The van der Waals surface area contributed by atoms with Crippen molar-refractivity contribution >= 4 is 23.1 Å². The van der Waals surface area contributed by atoms with Gasteiger partial charge in [0.25, 0.3) is 5.91 Å². The molecule has 2 aromatic heterocycles. The second-order valence-corrected chi connectivity index (χ2v) is 9.18. The fourth-order valence-electron chi connectivity index (χ4n) is 4.85. The van der Waals surface area contributed by atoms with Crippen molar-refractivity contribution in [3.63, 3.8) is 0 Å². The van der Waals surface area contributed by atoms with E-state index in [-0.39, 0.29) is 11.8 Å². The maximum absolute atomic E-state index is 12.6. The van der Waals surface area contributed by atoms with Gasteiger partial charge in [-0.25, -0.2) is 4.98 Å². The lowest BCUT2D eigenvalue weighted by Crippen LogP contribution is -2.45. The third kappa shape index (κ3) is 5.07. The van der Waals surface area contributed by atoms with Crippen molar-refractivity contribution in [3.8, 4) is 0 Å². The molecule has 0 bridgehead atoms. The van der Waals surface area contributed by atoms with E-state index >= 15 is 0 Å². The van der Waals surface area contributed by atoms with E-state index in [1.54, 1.807) is 0 Å². The number of pyridine rings is 1. The van der Waals surface area contributed by atoms with Gasteiger partial charge in [0, 0.05) is 49.7 Å². The topological polar surface area (TPSA) is 90.8 Å². The Morgan fingerprint density at radius 3 is 2.71 bits per heavy atom. The number of hydrogen-bond acceptors (Lipinski definition) is 5. The largest absolute Gasteiger partial charge is 0.371 e. The average molecular weight is 461 g/mol. The number of rotatable bonds is 6. The van der Waals surface area contributed by atoms with E-state index in [4.69, 9.17) is 0 Å². The van der Waals surface area contributed by atoms with Crippen LogP contribution >= 0.6 is 0 Å². The summed E-state index contributed by atoms with van der Waals surface area (Å²) in [6.45, 7) is 3.43. The van der Waals surface area contributed by atoms with Gasteiger partial charge in [-0.05, 0) is 68.5 Å². The zero-order valence-corrected chi connectivity index (χ0v) is 19.4. The molecule has 8 heteroatoms. The Kier molecular flexibility index (Phi) is 6.76. The third-order valence-corrected chi connectivity index (χ3v) is 6.90. The number of anilines is 1. The summed E-state index contributed by atoms with van der Waals surface area (Å²) in [5, 5.41) is 9.44. The SMILES string of the molecule is O=C(N[C@H]1CCCCNC1=O)c1ccc(N2CCC(NCc3cnc4ccccn34)CC2)cc1. The lowest BCUT2D eigenvalue weighted by atomic mass is 10.0. The Labute approximate surface area is 199 Å². The Balaban J connectivity index is 1.11. The van der Waals surface area contributed by atoms with E-state index in [9.17, 15) is 9.59 Å². The van der Waals surface area contributed by atoms with Crippen LogP contribution in [0.25, 0.3) is 5.65 Å². The maximum atomic E-state index is 12.6. The molecule has 2 saturated heterocycles. The standard InChI is InChI=1S/C26H32N6O2/c33-25(30-23-5-1-3-13-27-26(23)34)19-7-9-21(10-8-19)31-15-11-20(12-16-31)28-17-22-18-29-24-6-2-4-14-32(22)24/h2,4,6-10,14,18,20,23,28H,1,3,5,11-13,15-17H2,(H,27,34)(H,30,33)/t23-/m0/s1. The van der Waals surface area contributed by atoms with Crippen LogP contribution in [0.4, 0.5) is 5.69 Å². The van der Waals surface area contributed by atoms with Gasteiger partial charge in [0.1, 0.15) is 11.7 Å². The molecule has 8 nitrogen and oxygen atoms in total. The van der Waals surface area contributed by atoms with E-state index < -0.39 is 6.04 Å². The number of nitrogens with one attached hydrogen (secondary N) is 3. The lowest BCUT2D eigenvalue weighted by Gasteiger charge is -2.34. The third-order valence-electron chi connectivity index (χ3n) is 6.90. The van der Waals surface area contributed by atoms with Crippen molar-refractivity contribution in [2.45, 2.75) is 50.7 Å². The van der Waals surface area contributed by atoms with Crippen molar-refractivity contribution in [3.05, 3.63) is 66.1 Å². The van der Waals surface area contributed by atoms with Gasteiger partial charge in [0.2, 0.25) is 5.91 Å². The molecule has 2 aliphatic rings. The molecule has 2 aliphatic heterocycles. The molecule has 3 N–H and O–H groups in total. The Bertz CT molecular complexity index is 1130. The Morgan fingerprint density at radius 2 is 1.88 bits per heavy atom. The molecule has 2 fully saturated rings. The second-order valence-electron chi connectivity index (χ2n) is 9.18. The molecule has 1 atom stereocenters. The number of carbonyl (C=O) groups excluding carboxylic acids is 2. The molecule has 2 amide bonds. The number of fused-ring (bicyclic) bond motifs is 1. The number of imidazole rings is 1. The van der Waals surface area contributed by atoms with Crippen LogP contribution in [0.1, 0.15) is 48.2 Å². The Morgan fingerprint density at radius 1 is 1.06 bits per heavy atom. The highest BCUT2D eigenvalue weighted by Gasteiger charge is 2.23. The molecular weight excluding hydrogens is 428 g/mol. The highest BCUT2D eigenvalue weighted by molar-refractivity contribution is 5.97. The van der Waals surface area contributed by atoms with E-state index in [0.717, 1.165) is 56.7 Å². The van der Waals surface area contributed by atoms with Gasteiger partial charge in [-0.2, -0.15) is 0 Å². The number of carbonyl (C=O) groups is 2. The summed E-state index contributed by atoms with van der Waals surface area (Å²) in [6.07, 6.45) is 8.71. The summed E-state index contributed by atoms with van der Waals surface area (Å²) in [7, 11) is 0. The first kappa shape index (κ1) is 22.4. The van der Waals surface area contributed by atoms with Crippen molar-refractivity contribution in [2.24, 2.45) is 0 Å². The van der Waals surface area contributed by atoms with Crippen molar-refractivity contribution in [1.29, 1.82) is 0 Å². The molecule has 3 aromatic rings. The number of nitrogens with zero attached hydrogens (tertiary/aromatic N) is 3. The predicted molar refractivity (Wildman–Crippen MR) is 132 cm³/mol. The molecule has 4 heterocycles. The zero-order chi connectivity index (χ0) is 23.3. The lowest BCUT2D eigenvalue weighted by molar-refractivity contribution is -0.122. The minimum absolute atomic E-state index is 0.0830. The van der Waals surface area contributed by atoms with E-state index in [0.29, 0.717) is 24.6 Å². The molecule has 0 unspecified atom stereocenters. The summed E-state index contributed by atoms with van der Waals surface area (Å²) in [5.41, 5.74) is 3.87. The molecule has 178 valence electrons. The molecule has 0 saturated carbocycles. The molecule has 34 heavy (non-hydrogen) atoms. The van der Waals surface area contributed by atoms with Gasteiger partial charge in [0.15, 0.2) is 0 Å². The number of piperidine rings is 1. The van der Waals surface area contributed by atoms with Crippen LogP contribution in [-0.4, -0.2) is 52.9 Å². The van der Waals surface area contributed by atoms with E-state index in [1.807, 2.05) is 48.7 Å². The van der Waals surface area contributed by atoms with Gasteiger partial charge in [-0.3, -0.25) is 9.59 Å². The van der Waals surface area contributed by atoms with Gasteiger partial charge < -0.3 is 25.3 Å². The highest BCUT2D eigenvalue weighted by Crippen LogP contribution is 2.21. The van der Waals surface area contributed by atoms with E-state index in [2.05, 4.69) is 36.4 Å². The molecule has 0 radical (unpaired) electrons. The minimum Gasteiger partial charge on any atom is -0.371 e. The van der Waals surface area contributed by atoms with Crippen LogP contribution in [0.15, 0.2) is 54.9 Å². The smallest absolute Gasteiger partial charge is 0.251 e. The normalized spacial score (nSPS) is 19.6.